The Morgan fingerprint density at radius 3 is 2.70 bits per heavy atom. The average molecular weight is 675 g/mol. The Morgan fingerprint density at radius 1 is 1.07 bits per heavy atom. The first kappa shape index (κ1) is 28.2. The molecule has 3 fully saturated rings. The van der Waals surface area contributed by atoms with Gasteiger partial charge in [0.05, 0.1) is 34.6 Å². The molecule has 44 heavy (non-hydrogen) atoms. The SMILES string of the molecule is COc1ccc(CNc2nc3cc(CC[C@@]45C[C@@H]4[C@@H](n4ccc6c(Cl)ncnc64)[C@@H]4OC(C)(C)O[C@@H]45)ccc3cc2Br)cc1. The van der Waals surface area contributed by atoms with Crippen molar-refractivity contribution in [1.29, 1.82) is 0 Å². The number of anilines is 1. The highest BCUT2D eigenvalue weighted by molar-refractivity contribution is 9.10. The molecule has 10 heteroatoms. The van der Waals surface area contributed by atoms with Gasteiger partial charge in [-0.1, -0.05) is 35.9 Å². The van der Waals surface area contributed by atoms with Crippen molar-refractivity contribution in [3.05, 3.63) is 87.9 Å². The molecule has 2 aliphatic carbocycles. The van der Waals surface area contributed by atoms with E-state index in [2.05, 4.69) is 78.4 Å². The Bertz CT molecular complexity index is 1900. The molecule has 2 aromatic carbocycles. The van der Waals surface area contributed by atoms with Crippen LogP contribution in [-0.4, -0.2) is 44.6 Å². The lowest BCUT2D eigenvalue weighted by Crippen LogP contribution is -2.32. The summed E-state index contributed by atoms with van der Waals surface area (Å²) < 4.78 is 21.7. The largest absolute Gasteiger partial charge is 0.497 e. The summed E-state index contributed by atoms with van der Waals surface area (Å²) in [6.07, 6.45) is 6.69. The van der Waals surface area contributed by atoms with Crippen molar-refractivity contribution in [3.8, 4) is 5.75 Å². The monoisotopic (exact) mass is 673 g/mol. The van der Waals surface area contributed by atoms with E-state index in [4.69, 9.17) is 30.8 Å². The van der Waals surface area contributed by atoms with Gasteiger partial charge in [0, 0.05) is 23.5 Å². The third kappa shape index (κ3) is 4.67. The van der Waals surface area contributed by atoms with E-state index in [9.17, 15) is 0 Å². The lowest BCUT2D eigenvalue weighted by atomic mass is 9.91. The molecule has 3 aliphatic rings. The summed E-state index contributed by atoms with van der Waals surface area (Å²) in [4.78, 5) is 13.8. The van der Waals surface area contributed by atoms with E-state index in [-0.39, 0.29) is 23.7 Å². The lowest BCUT2D eigenvalue weighted by Gasteiger charge is -2.24. The second-order valence-electron chi connectivity index (χ2n) is 12.7. The van der Waals surface area contributed by atoms with E-state index in [1.807, 2.05) is 32.0 Å². The zero-order chi connectivity index (χ0) is 30.2. The summed E-state index contributed by atoms with van der Waals surface area (Å²) in [6, 6.07) is 19.0. The highest BCUT2D eigenvalue weighted by Crippen LogP contribution is 2.73. The molecule has 226 valence electrons. The topological polar surface area (TPSA) is 83.3 Å². The number of benzene rings is 2. The van der Waals surface area contributed by atoms with Crippen molar-refractivity contribution in [2.24, 2.45) is 11.3 Å². The van der Waals surface area contributed by atoms with Gasteiger partial charge < -0.3 is 24.1 Å². The van der Waals surface area contributed by atoms with Crippen LogP contribution in [0, 0.1) is 11.3 Å². The number of nitrogens with zero attached hydrogens (tertiary/aromatic N) is 4. The Labute approximate surface area is 269 Å². The molecule has 1 aliphatic heterocycles. The molecule has 1 N–H and O–H groups in total. The van der Waals surface area contributed by atoms with Gasteiger partial charge in [0.25, 0.3) is 0 Å². The first-order valence-electron chi connectivity index (χ1n) is 15.0. The number of ether oxygens (including phenoxy) is 3. The fourth-order valence-electron chi connectivity index (χ4n) is 7.59. The van der Waals surface area contributed by atoms with E-state index >= 15 is 0 Å². The van der Waals surface area contributed by atoms with E-state index in [1.165, 1.54) is 11.9 Å². The predicted molar refractivity (Wildman–Crippen MR) is 174 cm³/mol. The molecule has 0 spiro atoms. The summed E-state index contributed by atoms with van der Waals surface area (Å²) in [5, 5.41) is 5.94. The summed E-state index contributed by atoms with van der Waals surface area (Å²) in [5.74, 6) is 1.50. The highest BCUT2D eigenvalue weighted by Gasteiger charge is 2.75. The Balaban J connectivity index is 1.03. The molecule has 0 unspecified atom stereocenters. The maximum absolute atomic E-state index is 6.63. The molecular formula is C34H33BrClN5O3. The maximum Gasteiger partial charge on any atom is 0.163 e. The number of fused-ring (bicyclic) bond motifs is 5. The van der Waals surface area contributed by atoms with Crippen LogP contribution in [0.1, 0.15) is 43.9 Å². The van der Waals surface area contributed by atoms with Crippen molar-refractivity contribution in [3.63, 3.8) is 0 Å². The number of aromatic nitrogens is 4. The smallest absolute Gasteiger partial charge is 0.163 e. The molecule has 8 nitrogen and oxygen atoms in total. The van der Waals surface area contributed by atoms with Crippen LogP contribution >= 0.6 is 27.5 Å². The van der Waals surface area contributed by atoms with Crippen molar-refractivity contribution in [2.75, 3.05) is 12.4 Å². The Hall–Kier alpha value is -3.24. The normalized spacial score (nSPS) is 26.6. The van der Waals surface area contributed by atoms with Crippen molar-refractivity contribution in [1.82, 2.24) is 19.5 Å². The molecule has 0 radical (unpaired) electrons. The molecule has 5 aromatic rings. The molecular weight excluding hydrogens is 642 g/mol. The fraction of sp³-hybridized carbons (Fsp3) is 0.382. The van der Waals surface area contributed by atoms with Gasteiger partial charge >= 0.3 is 0 Å². The average Bonchev–Trinajstić information content (AvgIpc) is 3.26. The summed E-state index contributed by atoms with van der Waals surface area (Å²) >= 11 is 10.1. The van der Waals surface area contributed by atoms with Gasteiger partial charge in [-0.15, -0.1) is 0 Å². The van der Waals surface area contributed by atoms with Crippen molar-refractivity contribution in [2.45, 2.75) is 63.7 Å². The molecule has 0 amide bonds. The van der Waals surface area contributed by atoms with Crippen molar-refractivity contribution >= 4 is 55.3 Å². The fourth-order valence-corrected chi connectivity index (χ4v) is 8.25. The van der Waals surface area contributed by atoms with Crippen LogP contribution in [-0.2, 0) is 22.4 Å². The second-order valence-corrected chi connectivity index (χ2v) is 13.9. The summed E-state index contributed by atoms with van der Waals surface area (Å²) in [7, 11) is 1.68. The molecule has 2 saturated carbocycles. The summed E-state index contributed by atoms with van der Waals surface area (Å²) in [6.45, 7) is 4.71. The zero-order valence-electron chi connectivity index (χ0n) is 24.8. The first-order valence-corrected chi connectivity index (χ1v) is 16.2. The lowest BCUT2D eigenvalue weighted by molar-refractivity contribution is -0.161. The number of hydrogen-bond donors (Lipinski definition) is 1. The standard InChI is InChI=1S/C34H33BrClN5O3/c1-33(2)43-28-27(41-13-11-23-30(36)38-18-39-32(23)41)24-16-34(24,29(28)44-33)12-10-19-4-7-21-15-25(35)31(40-26(21)14-19)37-17-20-5-8-22(42-3)9-6-20/h4-9,11,13-15,18,24,27-29H,10,12,16-17H2,1-3H3,(H,37,40)/t24-,27-,28+,29+,34-/m1/s1. The minimum Gasteiger partial charge on any atom is -0.497 e. The number of aryl methyl sites for hydroxylation is 1. The zero-order valence-corrected chi connectivity index (χ0v) is 27.1. The van der Waals surface area contributed by atoms with Crippen LogP contribution < -0.4 is 10.1 Å². The van der Waals surface area contributed by atoms with Gasteiger partial charge in [-0.2, -0.15) is 0 Å². The number of rotatable bonds is 8. The molecule has 8 rings (SSSR count). The third-order valence-electron chi connectivity index (χ3n) is 9.74. The van der Waals surface area contributed by atoms with E-state index in [1.54, 1.807) is 7.11 Å². The Kier molecular flexibility index (Phi) is 6.68. The van der Waals surface area contributed by atoms with Gasteiger partial charge in [0.1, 0.15) is 34.8 Å². The molecule has 1 saturated heterocycles. The number of hydrogen-bond acceptors (Lipinski definition) is 7. The first-order chi connectivity index (χ1) is 21.2. The minimum absolute atomic E-state index is 0.0329. The second kappa shape index (κ2) is 10.4. The van der Waals surface area contributed by atoms with Gasteiger partial charge in [-0.25, -0.2) is 15.0 Å². The van der Waals surface area contributed by atoms with E-state index < -0.39 is 5.79 Å². The molecule has 5 atom stereocenters. The number of nitrogens with one attached hydrogen (secondary N) is 1. The summed E-state index contributed by atoms with van der Waals surface area (Å²) in [5.41, 5.74) is 4.32. The van der Waals surface area contributed by atoms with Gasteiger partial charge in [0.15, 0.2) is 5.79 Å². The predicted octanol–water partition coefficient (Wildman–Crippen LogP) is 7.73. The van der Waals surface area contributed by atoms with Crippen LogP contribution in [0.15, 0.2) is 71.6 Å². The highest BCUT2D eigenvalue weighted by atomic mass is 79.9. The molecule has 0 bridgehead atoms. The van der Waals surface area contributed by atoms with Crippen LogP contribution in [0.4, 0.5) is 5.82 Å². The van der Waals surface area contributed by atoms with Gasteiger partial charge in [0.2, 0.25) is 0 Å². The van der Waals surface area contributed by atoms with Gasteiger partial charge in [-0.3, -0.25) is 0 Å². The van der Waals surface area contributed by atoms with E-state index in [0.29, 0.717) is 17.6 Å². The van der Waals surface area contributed by atoms with Crippen LogP contribution in [0.2, 0.25) is 5.15 Å². The quantitative estimate of drug-likeness (QED) is 0.169. The number of methoxy groups -OCH3 is 1. The number of halogens is 2. The molecule has 3 aromatic heterocycles. The van der Waals surface area contributed by atoms with Crippen LogP contribution in [0.5, 0.6) is 5.75 Å². The number of pyridine rings is 1. The maximum atomic E-state index is 6.63. The van der Waals surface area contributed by atoms with Crippen LogP contribution in [0.3, 0.4) is 0 Å². The van der Waals surface area contributed by atoms with E-state index in [0.717, 1.165) is 62.8 Å². The van der Waals surface area contributed by atoms with Gasteiger partial charge in [-0.05, 0) is 96.4 Å². The Morgan fingerprint density at radius 2 is 1.89 bits per heavy atom. The molecule has 4 heterocycles. The van der Waals surface area contributed by atoms with Crippen molar-refractivity contribution < 1.29 is 14.2 Å². The third-order valence-corrected chi connectivity index (χ3v) is 10.6. The minimum atomic E-state index is -0.626. The van der Waals surface area contributed by atoms with Crippen LogP contribution in [0.25, 0.3) is 21.9 Å².